The van der Waals surface area contributed by atoms with Gasteiger partial charge in [-0.1, -0.05) is 48.0 Å². The van der Waals surface area contributed by atoms with E-state index in [1.807, 2.05) is 66.9 Å². The van der Waals surface area contributed by atoms with Crippen LogP contribution in [0.5, 0.6) is 0 Å². The summed E-state index contributed by atoms with van der Waals surface area (Å²) in [6, 6.07) is 17.4. The standard InChI is InChI=1S/C20H17N5O2S/c1-12-7-9-14(10-8-12)18-23-16(19(25-21)27-18)17(26)24-20-22-15(11-28-20)13-5-3-2-4-6-13/h2-11,25H,21H2,1H3,(H,22,24,26). The summed E-state index contributed by atoms with van der Waals surface area (Å²) in [4.78, 5) is 21.4. The van der Waals surface area contributed by atoms with Gasteiger partial charge in [-0.2, -0.15) is 0 Å². The smallest absolute Gasteiger partial charge is 0.281 e. The van der Waals surface area contributed by atoms with Crippen molar-refractivity contribution in [3.8, 4) is 22.7 Å². The van der Waals surface area contributed by atoms with E-state index in [0.717, 1.165) is 22.4 Å². The Morgan fingerprint density at radius 3 is 2.50 bits per heavy atom. The molecule has 0 fully saturated rings. The van der Waals surface area contributed by atoms with Crippen LogP contribution in [0.25, 0.3) is 22.7 Å². The molecule has 0 unspecified atom stereocenters. The highest BCUT2D eigenvalue weighted by Crippen LogP contribution is 2.28. The number of anilines is 2. The van der Waals surface area contributed by atoms with E-state index < -0.39 is 5.91 Å². The van der Waals surface area contributed by atoms with Gasteiger partial charge in [0, 0.05) is 16.5 Å². The van der Waals surface area contributed by atoms with Crippen LogP contribution in [0, 0.1) is 6.92 Å². The number of hydrogen-bond acceptors (Lipinski definition) is 7. The number of hydrogen-bond donors (Lipinski definition) is 3. The van der Waals surface area contributed by atoms with Gasteiger partial charge < -0.3 is 4.42 Å². The first-order valence-corrected chi connectivity index (χ1v) is 9.39. The van der Waals surface area contributed by atoms with Crippen molar-refractivity contribution >= 4 is 28.3 Å². The molecule has 2 aromatic heterocycles. The molecule has 4 N–H and O–H groups in total. The SMILES string of the molecule is Cc1ccc(-c2nc(C(=O)Nc3nc(-c4ccccc4)cs3)c(NN)o2)cc1. The van der Waals surface area contributed by atoms with E-state index in [-0.39, 0.29) is 11.6 Å². The Balaban J connectivity index is 1.56. The molecule has 0 radical (unpaired) electrons. The van der Waals surface area contributed by atoms with Gasteiger partial charge in [0.1, 0.15) is 0 Å². The Kier molecular flexibility index (Phi) is 4.88. The van der Waals surface area contributed by atoms with Crippen molar-refractivity contribution in [3.05, 3.63) is 71.2 Å². The number of nitrogen functional groups attached to an aromatic ring is 1. The number of carbonyl (C=O) groups excluding carboxylic acids is 1. The van der Waals surface area contributed by atoms with E-state index in [9.17, 15) is 4.79 Å². The monoisotopic (exact) mass is 391 g/mol. The first-order valence-electron chi connectivity index (χ1n) is 8.51. The van der Waals surface area contributed by atoms with E-state index in [1.54, 1.807) is 0 Å². The first kappa shape index (κ1) is 17.9. The van der Waals surface area contributed by atoms with Gasteiger partial charge in [-0.05, 0) is 19.1 Å². The summed E-state index contributed by atoms with van der Waals surface area (Å²) >= 11 is 1.33. The van der Waals surface area contributed by atoms with Crippen LogP contribution in [0.1, 0.15) is 16.1 Å². The number of amides is 1. The van der Waals surface area contributed by atoms with Crippen LogP contribution >= 0.6 is 11.3 Å². The number of thiazole rings is 1. The summed E-state index contributed by atoms with van der Waals surface area (Å²) < 4.78 is 5.60. The lowest BCUT2D eigenvalue weighted by Gasteiger charge is -2.00. The quantitative estimate of drug-likeness (QED) is 0.346. The number of carbonyl (C=O) groups is 1. The molecule has 28 heavy (non-hydrogen) atoms. The van der Waals surface area contributed by atoms with Crippen molar-refractivity contribution in [1.82, 2.24) is 9.97 Å². The van der Waals surface area contributed by atoms with Crippen molar-refractivity contribution in [3.63, 3.8) is 0 Å². The van der Waals surface area contributed by atoms with Crippen molar-refractivity contribution in [2.75, 3.05) is 10.7 Å². The third-order valence-corrected chi connectivity index (χ3v) is 4.82. The molecule has 0 saturated heterocycles. The molecule has 4 rings (SSSR count). The summed E-state index contributed by atoms with van der Waals surface area (Å²) in [5, 5.41) is 5.09. The minimum absolute atomic E-state index is 0.0644. The largest absolute Gasteiger partial charge is 0.418 e. The van der Waals surface area contributed by atoms with E-state index in [1.165, 1.54) is 11.3 Å². The van der Waals surface area contributed by atoms with Crippen molar-refractivity contribution in [2.45, 2.75) is 6.92 Å². The number of aryl methyl sites for hydroxylation is 1. The summed E-state index contributed by atoms with van der Waals surface area (Å²) in [5.41, 5.74) is 6.09. The summed E-state index contributed by atoms with van der Waals surface area (Å²) in [5.74, 6) is 5.44. The number of oxazole rings is 1. The molecule has 0 atom stereocenters. The summed E-state index contributed by atoms with van der Waals surface area (Å²) in [7, 11) is 0. The van der Waals surface area contributed by atoms with Gasteiger partial charge in [-0.3, -0.25) is 15.5 Å². The molecule has 1 amide bonds. The van der Waals surface area contributed by atoms with Crippen LogP contribution in [0.15, 0.2) is 64.4 Å². The Morgan fingerprint density at radius 2 is 1.79 bits per heavy atom. The maximum atomic E-state index is 12.7. The lowest BCUT2D eigenvalue weighted by Crippen LogP contribution is -2.16. The molecule has 0 spiro atoms. The number of aromatic nitrogens is 2. The number of nitrogens with zero attached hydrogens (tertiary/aromatic N) is 2. The fourth-order valence-corrected chi connectivity index (χ4v) is 3.34. The molecule has 2 heterocycles. The molecule has 0 aliphatic heterocycles. The molecule has 0 aliphatic carbocycles. The highest BCUT2D eigenvalue weighted by molar-refractivity contribution is 7.14. The van der Waals surface area contributed by atoms with Crippen LogP contribution in [-0.4, -0.2) is 15.9 Å². The van der Waals surface area contributed by atoms with E-state index >= 15 is 0 Å². The zero-order chi connectivity index (χ0) is 19.5. The van der Waals surface area contributed by atoms with Crippen molar-refractivity contribution < 1.29 is 9.21 Å². The number of benzene rings is 2. The van der Waals surface area contributed by atoms with E-state index in [2.05, 4.69) is 20.7 Å². The number of nitrogens with one attached hydrogen (secondary N) is 2. The Hall–Kier alpha value is -3.49. The lowest BCUT2D eigenvalue weighted by molar-refractivity contribution is 0.102. The molecule has 4 aromatic rings. The minimum Gasteiger partial charge on any atom is -0.418 e. The number of rotatable bonds is 5. The van der Waals surface area contributed by atoms with Gasteiger partial charge in [-0.15, -0.1) is 11.3 Å². The van der Waals surface area contributed by atoms with Gasteiger partial charge in [0.25, 0.3) is 5.91 Å². The highest BCUT2D eigenvalue weighted by Gasteiger charge is 2.21. The Bertz CT molecular complexity index is 1100. The van der Waals surface area contributed by atoms with Crippen molar-refractivity contribution in [1.29, 1.82) is 0 Å². The Morgan fingerprint density at radius 1 is 1.04 bits per heavy atom. The van der Waals surface area contributed by atoms with Crippen LogP contribution in [0.3, 0.4) is 0 Å². The zero-order valence-electron chi connectivity index (χ0n) is 15.0. The third kappa shape index (κ3) is 3.64. The average molecular weight is 391 g/mol. The molecule has 2 aromatic carbocycles. The highest BCUT2D eigenvalue weighted by atomic mass is 32.1. The molecular formula is C20H17N5O2S. The lowest BCUT2D eigenvalue weighted by atomic mass is 10.1. The van der Waals surface area contributed by atoms with E-state index in [0.29, 0.717) is 11.0 Å². The summed E-state index contributed by atoms with van der Waals surface area (Å²) in [6.45, 7) is 1.99. The van der Waals surface area contributed by atoms with Crippen LogP contribution in [0.4, 0.5) is 11.0 Å². The fourth-order valence-electron chi connectivity index (χ4n) is 2.62. The second kappa shape index (κ2) is 7.63. The molecular weight excluding hydrogens is 374 g/mol. The van der Waals surface area contributed by atoms with Crippen LogP contribution < -0.4 is 16.6 Å². The molecule has 0 aliphatic rings. The second-order valence-electron chi connectivity index (χ2n) is 6.07. The maximum Gasteiger partial charge on any atom is 0.281 e. The van der Waals surface area contributed by atoms with Gasteiger partial charge >= 0.3 is 0 Å². The number of nitrogens with two attached hydrogens (primary N) is 1. The van der Waals surface area contributed by atoms with Crippen molar-refractivity contribution in [2.24, 2.45) is 5.84 Å². The molecule has 0 bridgehead atoms. The molecule has 7 nitrogen and oxygen atoms in total. The molecule has 140 valence electrons. The zero-order valence-corrected chi connectivity index (χ0v) is 15.8. The fraction of sp³-hybridized carbons (Fsp3) is 0.0500. The maximum absolute atomic E-state index is 12.7. The second-order valence-corrected chi connectivity index (χ2v) is 6.92. The van der Waals surface area contributed by atoms with Crippen LogP contribution in [0.2, 0.25) is 0 Å². The normalized spacial score (nSPS) is 10.6. The third-order valence-electron chi connectivity index (χ3n) is 4.07. The average Bonchev–Trinajstić information content (AvgIpc) is 3.36. The van der Waals surface area contributed by atoms with Gasteiger partial charge in [-0.25, -0.2) is 15.8 Å². The minimum atomic E-state index is -0.455. The van der Waals surface area contributed by atoms with E-state index in [4.69, 9.17) is 10.3 Å². The predicted octanol–water partition coefficient (Wildman–Crippen LogP) is 4.31. The summed E-state index contributed by atoms with van der Waals surface area (Å²) in [6.07, 6.45) is 0. The predicted molar refractivity (Wildman–Crippen MR) is 110 cm³/mol. The topological polar surface area (TPSA) is 106 Å². The Labute approximate surface area is 165 Å². The number of hydrazine groups is 1. The first-order chi connectivity index (χ1) is 13.6. The van der Waals surface area contributed by atoms with Gasteiger partial charge in [0.2, 0.25) is 11.8 Å². The van der Waals surface area contributed by atoms with Gasteiger partial charge in [0.05, 0.1) is 5.69 Å². The van der Waals surface area contributed by atoms with Crippen LogP contribution in [-0.2, 0) is 0 Å². The van der Waals surface area contributed by atoms with Gasteiger partial charge in [0.15, 0.2) is 10.8 Å². The molecule has 0 saturated carbocycles. The molecule has 8 heteroatoms.